The molecule has 0 spiro atoms. The van der Waals surface area contributed by atoms with Gasteiger partial charge in [0.1, 0.15) is 5.58 Å². The molecule has 2 aromatic rings. The van der Waals surface area contributed by atoms with E-state index in [1.54, 1.807) is 6.26 Å². The molecule has 1 atom stereocenters. The second-order valence-electron chi connectivity index (χ2n) is 5.20. The molecule has 0 fully saturated rings. The highest BCUT2D eigenvalue weighted by atomic mass is 16.3. The summed E-state index contributed by atoms with van der Waals surface area (Å²) in [6.07, 6.45) is 2.22. The van der Waals surface area contributed by atoms with E-state index in [-0.39, 0.29) is 18.4 Å². The molecule has 0 aliphatic carbocycles. The molecule has 1 amide bonds. The van der Waals surface area contributed by atoms with Gasteiger partial charge in [-0.2, -0.15) is 5.26 Å². The van der Waals surface area contributed by atoms with E-state index in [1.807, 2.05) is 32.9 Å². The van der Waals surface area contributed by atoms with Gasteiger partial charge in [0.15, 0.2) is 0 Å². The Bertz CT molecular complexity index is 680. The monoisotopic (exact) mass is 270 g/mol. The number of hydrogen-bond acceptors (Lipinski definition) is 3. The quantitative estimate of drug-likeness (QED) is 0.928. The van der Waals surface area contributed by atoms with Gasteiger partial charge >= 0.3 is 0 Å². The van der Waals surface area contributed by atoms with Gasteiger partial charge in [0.2, 0.25) is 5.91 Å². The molecule has 0 radical (unpaired) electrons. The maximum absolute atomic E-state index is 11.9. The van der Waals surface area contributed by atoms with Crippen LogP contribution in [0.5, 0.6) is 0 Å². The third-order valence-electron chi connectivity index (χ3n) is 3.43. The summed E-state index contributed by atoms with van der Waals surface area (Å²) in [5.41, 5.74) is 4.04. The van der Waals surface area contributed by atoms with Crippen LogP contribution in [0.2, 0.25) is 0 Å². The van der Waals surface area contributed by atoms with Gasteiger partial charge in [-0.1, -0.05) is 0 Å². The van der Waals surface area contributed by atoms with Gasteiger partial charge < -0.3 is 9.73 Å². The van der Waals surface area contributed by atoms with Crippen LogP contribution in [0.25, 0.3) is 11.0 Å². The molecular weight excluding hydrogens is 252 g/mol. The lowest BCUT2D eigenvalue weighted by atomic mass is 10.0. The standard InChI is InChI=1S/C16H18N2O2/c1-10-6-14-13(9-20-15(14)7-11(10)2)8-16(19)18-12(3)4-5-17/h6-7,9,12H,4,8H2,1-3H3,(H,18,19). The molecule has 0 aliphatic heterocycles. The Hall–Kier alpha value is -2.28. The molecule has 0 saturated heterocycles. The highest BCUT2D eigenvalue weighted by Crippen LogP contribution is 2.25. The van der Waals surface area contributed by atoms with Crippen molar-refractivity contribution in [2.24, 2.45) is 0 Å². The fraction of sp³-hybridized carbons (Fsp3) is 0.375. The highest BCUT2D eigenvalue weighted by Gasteiger charge is 2.13. The molecule has 0 bridgehead atoms. The van der Waals surface area contributed by atoms with E-state index in [2.05, 4.69) is 11.4 Å². The molecule has 1 N–H and O–H groups in total. The first kappa shape index (κ1) is 14.1. The van der Waals surface area contributed by atoms with Crippen molar-refractivity contribution in [3.63, 3.8) is 0 Å². The Balaban J connectivity index is 2.16. The topological polar surface area (TPSA) is 66.0 Å². The zero-order valence-electron chi connectivity index (χ0n) is 12.0. The fourth-order valence-electron chi connectivity index (χ4n) is 2.16. The smallest absolute Gasteiger partial charge is 0.224 e. The minimum absolute atomic E-state index is 0.0892. The van der Waals surface area contributed by atoms with Crippen molar-refractivity contribution < 1.29 is 9.21 Å². The summed E-state index contributed by atoms with van der Waals surface area (Å²) in [6, 6.07) is 5.95. The second-order valence-corrected chi connectivity index (χ2v) is 5.20. The fourth-order valence-corrected chi connectivity index (χ4v) is 2.16. The number of carbonyl (C=O) groups is 1. The third kappa shape index (κ3) is 3.00. The highest BCUT2D eigenvalue weighted by molar-refractivity contribution is 5.88. The molecule has 1 unspecified atom stereocenters. The number of nitrogens with one attached hydrogen (secondary N) is 1. The van der Waals surface area contributed by atoms with E-state index in [9.17, 15) is 4.79 Å². The number of aryl methyl sites for hydroxylation is 2. The molecule has 1 aromatic carbocycles. The summed E-state index contributed by atoms with van der Waals surface area (Å²) in [5.74, 6) is -0.0892. The van der Waals surface area contributed by atoms with Gasteiger partial charge in [-0.05, 0) is 44.0 Å². The van der Waals surface area contributed by atoms with E-state index in [0.717, 1.165) is 16.5 Å². The third-order valence-corrected chi connectivity index (χ3v) is 3.43. The van der Waals surface area contributed by atoms with Crippen LogP contribution in [0.4, 0.5) is 0 Å². The minimum atomic E-state index is -0.130. The first-order valence-corrected chi connectivity index (χ1v) is 6.65. The van der Waals surface area contributed by atoms with Crippen molar-refractivity contribution in [2.75, 3.05) is 0 Å². The number of nitriles is 1. The molecule has 0 aliphatic rings. The van der Waals surface area contributed by atoms with Crippen molar-refractivity contribution in [3.8, 4) is 6.07 Å². The zero-order valence-corrected chi connectivity index (χ0v) is 12.0. The predicted molar refractivity (Wildman–Crippen MR) is 77.2 cm³/mol. The Morgan fingerprint density at radius 2 is 2.10 bits per heavy atom. The van der Waals surface area contributed by atoms with E-state index < -0.39 is 0 Å². The maximum atomic E-state index is 11.9. The molecule has 20 heavy (non-hydrogen) atoms. The lowest BCUT2D eigenvalue weighted by Gasteiger charge is -2.09. The summed E-state index contributed by atoms with van der Waals surface area (Å²) in [5, 5.41) is 12.4. The summed E-state index contributed by atoms with van der Waals surface area (Å²) < 4.78 is 5.51. The minimum Gasteiger partial charge on any atom is -0.464 e. The molecular formula is C16H18N2O2. The summed E-state index contributed by atoms with van der Waals surface area (Å²) in [4.78, 5) is 11.9. The Morgan fingerprint density at radius 1 is 1.40 bits per heavy atom. The van der Waals surface area contributed by atoms with Crippen LogP contribution in [-0.4, -0.2) is 11.9 Å². The van der Waals surface area contributed by atoms with Crippen LogP contribution in [0, 0.1) is 25.2 Å². The van der Waals surface area contributed by atoms with Gasteiger partial charge in [-0.15, -0.1) is 0 Å². The molecule has 4 heteroatoms. The molecule has 1 heterocycles. The Kier molecular flexibility index (Phi) is 4.09. The summed E-state index contributed by atoms with van der Waals surface area (Å²) >= 11 is 0. The number of fused-ring (bicyclic) bond motifs is 1. The molecule has 104 valence electrons. The van der Waals surface area contributed by atoms with Gasteiger partial charge in [-0.3, -0.25) is 4.79 Å². The lowest BCUT2D eigenvalue weighted by molar-refractivity contribution is -0.121. The largest absolute Gasteiger partial charge is 0.464 e. The SMILES string of the molecule is Cc1cc2occ(CC(=O)NC(C)CC#N)c2cc1C. The molecule has 0 saturated carbocycles. The predicted octanol–water partition coefficient (Wildman–Crippen LogP) is 3.01. The number of furan rings is 1. The number of benzene rings is 1. The van der Waals surface area contributed by atoms with Crippen LogP contribution in [0.1, 0.15) is 30.0 Å². The van der Waals surface area contributed by atoms with Gasteiger partial charge in [0, 0.05) is 17.0 Å². The first-order chi connectivity index (χ1) is 9.51. The van der Waals surface area contributed by atoms with E-state index in [4.69, 9.17) is 9.68 Å². The van der Waals surface area contributed by atoms with Crippen molar-refractivity contribution in [2.45, 2.75) is 39.7 Å². The summed E-state index contributed by atoms with van der Waals surface area (Å²) in [6.45, 7) is 5.90. The zero-order chi connectivity index (χ0) is 14.7. The van der Waals surface area contributed by atoms with E-state index in [1.165, 1.54) is 11.1 Å². The second kappa shape index (κ2) is 5.79. The van der Waals surface area contributed by atoms with Crippen LogP contribution in [0.3, 0.4) is 0 Å². The van der Waals surface area contributed by atoms with Crippen molar-refractivity contribution in [1.29, 1.82) is 5.26 Å². The maximum Gasteiger partial charge on any atom is 0.224 e. The Labute approximate surface area is 118 Å². The van der Waals surface area contributed by atoms with E-state index in [0.29, 0.717) is 6.42 Å². The van der Waals surface area contributed by atoms with Crippen molar-refractivity contribution >= 4 is 16.9 Å². The number of rotatable bonds is 4. The van der Waals surface area contributed by atoms with Crippen LogP contribution >= 0.6 is 0 Å². The number of amides is 1. The van der Waals surface area contributed by atoms with Crippen LogP contribution < -0.4 is 5.32 Å². The number of hydrogen-bond donors (Lipinski definition) is 1. The van der Waals surface area contributed by atoms with E-state index >= 15 is 0 Å². The first-order valence-electron chi connectivity index (χ1n) is 6.65. The molecule has 2 rings (SSSR count). The van der Waals surface area contributed by atoms with Gasteiger partial charge in [-0.25, -0.2) is 0 Å². The van der Waals surface area contributed by atoms with Crippen molar-refractivity contribution in [1.82, 2.24) is 5.32 Å². The Morgan fingerprint density at radius 3 is 2.80 bits per heavy atom. The molecule has 1 aromatic heterocycles. The van der Waals surface area contributed by atoms with Gasteiger partial charge in [0.25, 0.3) is 0 Å². The van der Waals surface area contributed by atoms with Crippen LogP contribution in [0.15, 0.2) is 22.8 Å². The van der Waals surface area contributed by atoms with Crippen LogP contribution in [-0.2, 0) is 11.2 Å². The average Bonchev–Trinajstić information content (AvgIpc) is 2.72. The average molecular weight is 270 g/mol. The number of carbonyl (C=O) groups excluding carboxylic acids is 1. The molecule has 4 nitrogen and oxygen atoms in total. The summed E-state index contributed by atoms with van der Waals surface area (Å²) in [7, 11) is 0. The normalized spacial score (nSPS) is 12.1. The van der Waals surface area contributed by atoms with Gasteiger partial charge in [0.05, 0.1) is 25.2 Å². The number of nitrogens with zero attached hydrogens (tertiary/aromatic N) is 1. The van der Waals surface area contributed by atoms with Crippen molar-refractivity contribution in [3.05, 3.63) is 35.1 Å². The lowest BCUT2D eigenvalue weighted by Crippen LogP contribution is -2.33.